The van der Waals surface area contributed by atoms with Gasteiger partial charge in [-0.15, -0.1) is 0 Å². The highest BCUT2D eigenvalue weighted by Gasteiger charge is 2.41. The van der Waals surface area contributed by atoms with E-state index in [1.54, 1.807) is 0 Å². The number of hydrogen-bond donors (Lipinski definition) is 0. The molecule has 0 aromatic heterocycles. The second-order valence-electron chi connectivity index (χ2n) is 24.0. The number of fused-ring (bicyclic) bond motifs is 4. The Morgan fingerprint density at radius 2 is 0.700 bits per heavy atom. The Morgan fingerprint density at radius 3 is 1.05 bits per heavy atom. The van der Waals surface area contributed by atoms with Gasteiger partial charge in [0.05, 0.1) is 0 Å². The number of aryl methyl sites for hydroxylation is 2. The SMILES string of the molecule is C=C(/C=C/C=C1/N(C)c2cc3ccccc3cc2C1(C)C)C(Cc1ccccc1)(Cc1ccc(CC(Cc2ccccc2)(C(=C)/C=C/C=C2/N(C)c3cc4ccccc4cc3C2(C)C)c2ccccc2C)cc1)c1ccccc1C. The molecule has 2 nitrogen and oxygen atoms in total. The van der Waals surface area contributed by atoms with Gasteiger partial charge in [-0.2, -0.15) is 0 Å². The topological polar surface area (TPSA) is 6.48 Å². The molecule has 80 heavy (non-hydrogen) atoms. The first kappa shape index (κ1) is 53.5. The largest absolute Gasteiger partial charge is 0.347 e. The molecule has 2 heteroatoms. The standard InChI is InChI=1S/C78H76N2/c1-55-27-17-23-39-67(55)77(51-59-31-13-11-14-32-59,57(3)29-25-41-73-75(5,6)69-47-63-35-19-21-37-65(63)49-71(69)79(73)9)53-61-43-45-62(46-44-61)54-78(52-60-33-15-12-16-34-60,68-40-24-18-28-56(68)2)58(4)30-26-42-74-76(7,8)70-48-64-36-20-22-38-66(64)50-72(70)80(74)10/h11-50H,3-4,51-54H2,1-2,5-10H3/b29-25+,30-26+,73-41+,74-42+. The molecule has 2 heterocycles. The molecule has 0 saturated heterocycles. The molecule has 2 atom stereocenters. The van der Waals surface area contributed by atoms with Crippen LogP contribution in [0.3, 0.4) is 0 Å². The number of likely N-dealkylation sites (N-methyl/N-ethyl adjacent to an activating group) is 2. The average molecular weight is 1040 g/mol. The summed E-state index contributed by atoms with van der Waals surface area (Å²) in [7, 11) is 4.42. The van der Waals surface area contributed by atoms with Crippen molar-refractivity contribution < 1.29 is 0 Å². The Hall–Kier alpha value is -8.46. The van der Waals surface area contributed by atoms with Gasteiger partial charge in [-0.3, -0.25) is 0 Å². The van der Waals surface area contributed by atoms with Gasteiger partial charge >= 0.3 is 0 Å². The molecule has 0 spiro atoms. The molecule has 2 aliphatic heterocycles. The number of nitrogens with zero attached hydrogens (tertiary/aromatic N) is 2. The monoisotopic (exact) mass is 1040 g/mol. The van der Waals surface area contributed by atoms with Crippen LogP contribution >= 0.6 is 0 Å². The lowest BCUT2D eigenvalue weighted by atomic mass is 9.65. The van der Waals surface area contributed by atoms with Crippen LogP contribution in [0.25, 0.3) is 21.5 Å². The molecule has 11 rings (SSSR count). The van der Waals surface area contributed by atoms with Crippen LogP contribution in [-0.4, -0.2) is 14.1 Å². The van der Waals surface area contributed by atoms with Crippen molar-refractivity contribution in [3.05, 3.63) is 334 Å². The molecule has 398 valence electrons. The highest BCUT2D eigenvalue weighted by molar-refractivity contribution is 5.92. The summed E-state index contributed by atoms with van der Waals surface area (Å²) < 4.78 is 0. The minimum absolute atomic E-state index is 0.177. The number of hydrogen-bond acceptors (Lipinski definition) is 2. The number of anilines is 2. The van der Waals surface area contributed by atoms with Crippen LogP contribution in [0.4, 0.5) is 11.4 Å². The van der Waals surface area contributed by atoms with Crippen LogP contribution in [-0.2, 0) is 47.3 Å². The second kappa shape index (κ2) is 21.6. The predicted molar refractivity (Wildman–Crippen MR) is 343 cm³/mol. The minimum Gasteiger partial charge on any atom is -0.347 e. The Kier molecular flexibility index (Phi) is 14.5. The van der Waals surface area contributed by atoms with Crippen molar-refractivity contribution in [2.45, 2.75) is 88.9 Å². The Labute approximate surface area is 477 Å². The third kappa shape index (κ3) is 9.91. The van der Waals surface area contributed by atoms with Crippen molar-refractivity contribution in [3.63, 3.8) is 0 Å². The predicted octanol–water partition coefficient (Wildman–Crippen LogP) is 18.9. The third-order valence-electron chi connectivity index (χ3n) is 18.2. The molecule has 0 saturated carbocycles. The van der Waals surface area contributed by atoms with Gasteiger partial charge in [0.15, 0.2) is 0 Å². The van der Waals surface area contributed by atoms with Crippen LogP contribution in [0.5, 0.6) is 0 Å². The molecule has 0 radical (unpaired) electrons. The van der Waals surface area contributed by atoms with Crippen LogP contribution in [0.1, 0.15) is 83.3 Å². The maximum Gasteiger partial charge on any atom is 0.0454 e. The van der Waals surface area contributed by atoms with E-state index in [1.165, 1.54) is 99.9 Å². The summed E-state index contributed by atoms with van der Waals surface area (Å²) in [6.45, 7) is 24.0. The summed E-state index contributed by atoms with van der Waals surface area (Å²) in [4.78, 5) is 4.75. The summed E-state index contributed by atoms with van der Waals surface area (Å²) in [5.74, 6) is 0. The normalized spacial score (nSPS) is 17.1. The molecular weight excluding hydrogens is 965 g/mol. The molecule has 0 N–H and O–H groups in total. The van der Waals surface area contributed by atoms with Crippen molar-refractivity contribution in [2.24, 2.45) is 0 Å². The first-order chi connectivity index (χ1) is 38.6. The van der Waals surface area contributed by atoms with Gasteiger partial charge in [-0.1, -0.05) is 247 Å². The van der Waals surface area contributed by atoms with Crippen molar-refractivity contribution >= 4 is 32.9 Å². The van der Waals surface area contributed by atoms with Crippen LogP contribution in [0.15, 0.2) is 278 Å². The quantitative estimate of drug-likeness (QED) is 0.0890. The van der Waals surface area contributed by atoms with Crippen molar-refractivity contribution in [2.75, 3.05) is 23.9 Å². The first-order valence-corrected chi connectivity index (χ1v) is 28.6. The van der Waals surface area contributed by atoms with Crippen LogP contribution < -0.4 is 9.80 Å². The smallest absolute Gasteiger partial charge is 0.0454 e. The summed E-state index contributed by atoms with van der Waals surface area (Å²) in [5.41, 5.74) is 18.9. The van der Waals surface area contributed by atoms with Crippen molar-refractivity contribution in [1.82, 2.24) is 0 Å². The maximum absolute atomic E-state index is 5.03. The lowest BCUT2D eigenvalue weighted by molar-refractivity contribution is 0.500. The summed E-state index contributed by atoms with van der Waals surface area (Å²) >= 11 is 0. The highest BCUT2D eigenvalue weighted by Crippen LogP contribution is 2.51. The van der Waals surface area contributed by atoms with Crippen molar-refractivity contribution in [1.29, 1.82) is 0 Å². The van der Waals surface area contributed by atoms with Gasteiger partial charge in [0.25, 0.3) is 0 Å². The molecule has 0 aliphatic carbocycles. The second-order valence-corrected chi connectivity index (χ2v) is 24.0. The zero-order valence-corrected chi connectivity index (χ0v) is 48.2. The molecular formula is C78H76N2. The van der Waals surface area contributed by atoms with E-state index in [4.69, 9.17) is 13.2 Å². The lowest BCUT2D eigenvalue weighted by Gasteiger charge is -2.38. The van der Waals surface area contributed by atoms with E-state index in [2.05, 4.69) is 308 Å². The molecule has 9 aromatic rings. The van der Waals surface area contributed by atoms with E-state index in [1.807, 2.05) is 0 Å². The van der Waals surface area contributed by atoms with E-state index in [0.717, 1.165) is 36.8 Å². The number of benzene rings is 9. The van der Waals surface area contributed by atoms with Crippen molar-refractivity contribution in [3.8, 4) is 0 Å². The van der Waals surface area contributed by atoms with E-state index in [0.29, 0.717) is 0 Å². The summed E-state index contributed by atoms with van der Waals surface area (Å²) in [6, 6.07) is 76.3. The summed E-state index contributed by atoms with van der Waals surface area (Å²) in [6.07, 6.45) is 16.9. The lowest BCUT2D eigenvalue weighted by Crippen LogP contribution is -2.35. The number of allylic oxidation sites excluding steroid dienone is 10. The van der Waals surface area contributed by atoms with Crippen LogP contribution in [0, 0.1) is 13.8 Å². The van der Waals surface area contributed by atoms with E-state index in [-0.39, 0.29) is 10.8 Å². The fourth-order valence-corrected chi connectivity index (χ4v) is 13.7. The molecule has 0 bridgehead atoms. The fourth-order valence-electron chi connectivity index (χ4n) is 13.7. The van der Waals surface area contributed by atoms with E-state index < -0.39 is 10.8 Å². The Morgan fingerprint density at radius 1 is 0.400 bits per heavy atom. The average Bonchev–Trinajstić information content (AvgIpc) is 3.95. The first-order valence-electron chi connectivity index (χ1n) is 28.6. The van der Waals surface area contributed by atoms with Gasteiger partial charge in [0, 0.05) is 58.5 Å². The zero-order valence-electron chi connectivity index (χ0n) is 48.2. The van der Waals surface area contributed by atoms with Gasteiger partial charge < -0.3 is 9.80 Å². The fraction of sp³-hybridized carbons (Fsp3) is 0.205. The van der Waals surface area contributed by atoms with Gasteiger partial charge in [-0.25, -0.2) is 0 Å². The van der Waals surface area contributed by atoms with Gasteiger partial charge in [-0.05, 0) is 164 Å². The van der Waals surface area contributed by atoms with E-state index in [9.17, 15) is 0 Å². The summed E-state index contributed by atoms with van der Waals surface area (Å²) in [5, 5.41) is 5.07. The molecule has 2 aliphatic rings. The highest BCUT2D eigenvalue weighted by atomic mass is 15.2. The molecule has 0 fully saturated rings. The third-order valence-corrected chi connectivity index (χ3v) is 18.2. The molecule has 0 amide bonds. The maximum atomic E-state index is 5.03. The van der Waals surface area contributed by atoms with Crippen LogP contribution in [0.2, 0.25) is 0 Å². The molecule has 2 unspecified atom stereocenters. The van der Waals surface area contributed by atoms with Gasteiger partial charge in [0.1, 0.15) is 0 Å². The number of rotatable bonds is 16. The van der Waals surface area contributed by atoms with Gasteiger partial charge in [0.2, 0.25) is 0 Å². The minimum atomic E-state index is -0.455. The van der Waals surface area contributed by atoms with E-state index >= 15 is 0 Å². The molecule has 9 aromatic carbocycles. The Balaban J connectivity index is 0.954. The Bertz CT molecular complexity index is 3660. The zero-order chi connectivity index (χ0) is 55.8.